The van der Waals surface area contributed by atoms with Gasteiger partial charge in [0.1, 0.15) is 12.3 Å². The maximum absolute atomic E-state index is 10.3. The summed E-state index contributed by atoms with van der Waals surface area (Å²) in [5.41, 5.74) is 2.37. The van der Waals surface area contributed by atoms with E-state index in [0.29, 0.717) is 5.75 Å². The second-order valence-corrected chi connectivity index (χ2v) is 8.83. The molecule has 0 spiro atoms. The molecule has 0 saturated carbocycles. The lowest BCUT2D eigenvalue weighted by Crippen LogP contribution is -2.85. The smallest absolute Gasteiger partial charge is 0.115 e. The number of benzene rings is 2. The lowest BCUT2D eigenvalue weighted by atomic mass is 9.63. The fourth-order valence-electron chi connectivity index (χ4n) is 4.77. The summed E-state index contributed by atoms with van der Waals surface area (Å²) in [6.07, 6.45) is 2.90. The van der Waals surface area contributed by atoms with Gasteiger partial charge in [-0.05, 0) is 68.4 Å². The van der Waals surface area contributed by atoms with E-state index in [1.165, 1.54) is 11.1 Å². The average Bonchev–Trinajstić information content (AvgIpc) is 2.66. The van der Waals surface area contributed by atoms with Crippen LogP contribution in [0.1, 0.15) is 37.8 Å². The van der Waals surface area contributed by atoms with Crippen LogP contribution in [-0.2, 0) is 17.7 Å². The minimum atomic E-state index is -0.169. The van der Waals surface area contributed by atoms with E-state index in [2.05, 4.69) is 49.5 Å². The second-order valence-electron chi connectivity index (χ2n) is 8.83. The van der Waals surface area contributed by atoms with Crippen LogP contribution in [0.15, 0.2) is 54.6 Å². The van der Waals surface area contributed by atoms with Gasteiger partial charge in [-0.1, -0.05) is 30.3 Å². The van der Waals surface area contributed by atoms with Crippen molar-refractivity contribution in [2.75, 3.05) is 19.8 Å². The van der Waals surface area contributed by atoms with Crippen molar-refractivity contribution in [3.05, 3.63) is 65.7 Å². The maximum Gasteiger partial charge on any atom is 0.115 e. The third-order valence-electron chi connectivity index (χ3n) is 6.12. The van der Waals surface area contributed by atoms with E-state index in [9.17, 15) is 10.2 Å². The van der Waals surface area contributed by atoms with Crippen LogP contribution in [0.3, 0.4) is 0 Å². The van der Waals surface area contributed by atoms with Crippen molar-refractivity contribution in [1.29, 1.82) is 0 Å². The first-order valence-corrected chi connectivity index (χ1v) is 10.3. The fourth-order valence-corrected chi connectivity index (χ4v) is 4.77. The van der Waals surface area contributed by atoms with Gasteiger partial charge in [0, 0.05) is 18.1 Å². The Hall–Kier alpha value is -1.88. The number of ether oxygens (including phenoxy) is 1. The van der Waals surface area contributed by atoms with Crippen LogP contribution in [0.5, 0.6) is 5.75 Å². The molecule has 1 fully saturated rings. The highest BCUT2D eigenvalue weighted by atomic mass is 16.5. The Bertz CT molecular complexity index is 729. The van der Waals surface area contributed by atoms with Crippen LogP contribution in [0.25, 0.3) is 0 Å². The van der Waals surface area contributed by atoms with Gasteiger partial charge in [-0.15, -0.1) is 0 Å². The molecule has 2 aromatic rings. The van der Waals surface area contributed by atoms with Crippen LogP contribution in [0, 0.1) is 11.3 Å². The summed E-state index contributed by atoms with van der Waals surface area (Å²) in [5.74, 6) is 0.497. The number of aliphatic hydroxyl groups is 1. The van der Waals surface area contributed by atoms with Gasteiger partial charge in [0.25, 0.3) is 0 Å². The van der Waals surface area contributed by atoms with Gasteiger partial charge in [0.2, 0.25) is 0 Å². The Kier molecular flexibility index (Phi) is 6.76. The minimum absolute atomic E-state index is 0.0311. The summed E-state index contributed by atoms with van der Waals surface area (Å²) in [5, 5.41) is 22.1. The predicted octanol–water partition coefficient (Wildman–Crippen LogP) is 2.88. The Balaban J connectivity index is 1.73. The van der Waals surface area contributed by atoms with Gasteiger partial charge in [0.05, 0.1) is 18.8 Å². The molecule has 2 aromatic carbocycles. The first-order chi connectivity index (χ1) is 13.4. The molecular weight excluding hydrogens is 350 g/mol. The van der Waals surface area contributed by atoms with E-state index in [-0.39, 0.29) is 23.5 Å². The number of phenols is 1. The molecule has 1 aliphatic heterocycles. The van der Waals surface area contributed by atoms with Crippen molar-refractivity contribution < 1.29 is 20.3 Å². The molecule has 4 heteroatoms. The number of hydrogen-bond donors (Lipinski definition) is 3. The number of quaternary nitrogens is 1. The maximum atomic E-state index is 10.3. The van der Waals surface area contributed by atoms with Gasteiger partial charge in [-0.25, -0.2) is 0 Å². The summed E-state index contributed by atoms with van der Waals surface area (Å²) in [7, 11) is 0. The zero-order valence-corrected chi connectivity index (χ0v) is 17.1. The minimum Gasteiger partial charge on any atom is -0.508 e. The third kappa shape index (κ3) is 5.34. The van der Waals surface area contributed by atoms with Crippen molar-refractivity contribution in [3.8, 4) is 5.75 Å². The van der Waals surface area contributed by atoms with Gasteiger partial charge in [0.15, 0.2) is 0 Å². The van der Waals surface area contributed by atoms with E-state index in [1.807, 2.05) is 12.1 Å². The monoisotopic (exact) mass is 384 g/mol. The quantitative estimate of drug-likeness (QED) is 0.656. The molecule has 3 rings (SSSR count). The zero-order valence-electron chi connectivity index (χ0n) is 17.1. The molecule has 4 nitrogen and oxygen atoms in total. The highest BCUT2D eigenvalue weighted by Crippen LogP contribution is 2.46. The lowest BCUT2D eigenvalue weighted by Gasteiger charge is -2.48. The molecule has 1 aliphatic rings. The average molecular weight is 385 g/mol. The largest absolute Gasteiger partial charge is 0.508 e. The highest BCUT2D eigenvalue weighted by molar-refractivity contribution is 5.25. The van der Waals surface area contributed by atoms with Crippen LogP contribution < -0.4 is 5.32 Å². The first kappa shape index (κ1) is 20.8. The Labute approximate surface area is 168 Å². The lowest BCUT2D eigenvalue weighted by molar-refractivity contribution is -0.678. The number of aliphatic hydroxyl groups excluding tert-OH is 1. The SMILES string of the molecule is CC1(C)C[C@@](Cc2ccccc2)([C@H](CO)C[NH2+]Cc2ccc(O)cc2)CCO1. The number of aromatic hydroxyl groups is 1. The second kappa shape index (κ2) is 9.08. The first-order valence-electron chi connectivity index (χ1n) is 10.3. The normalized spacial score (nSPS) is 22.7. The van der Waals surface area contributed by atoms with Crippen molar-refractivity contribution in [2.24, 2.45) is 11.3 Å². The van der Waals surface area contributed by atoms with E-state index >= 15 is 0 Å². The van der Waals surface area contributed by atoms with Crippen molar-refractivity contribution >= 4 is 0 Å². The van der Waals surface area contributed by atoms with Gasteiger partial charge < -0.3 is 20.3 Å². The van der Waals surface area contributed by atoms with E-state index in [4.69, 9.17) is 4.74 Å². The molecule has 0 radical (unpaired) electrons. The molecule has 0 unspecified atom stereocenters. The molecule has 152 valence electrons. The Morgan fingerprint density at radius 3 is 2.39 bits per heavy atom. The summed E-state index contributed by atoms with van der Waals surface area (Å²) in [6.45, 7) is 6.99. The van der Waals surface area contributed by atoms with Crippen LogP contribution in [-0.4, -0.2) is 35.6 Å². The van der Waals surface area contributed by atoms with Crippen LogP contribution >= 0.6 is 0 Å². The zero-order chi connectivity index (χ0) is 20.0. The molecule has 0 aromatic heterocycles. The molecule has 0 aliphatic carbocycles. The Morgan fingerprint density at radius 1 is 1.04 bits per heavy atom. The van der Waals surface area contributed by atoms with Crippen molar-refractivity contribution in [3.63, 3.8) is 0 Å². The van der Waals surface area contributed by atoms with Gasteiger partial charge in [-0.2, -0.15) is 0 Å². The summed E-state index contributed by atoms with van der Waals surface area (Å²) >= 11 is 0. The Morgan fingerprint density at radius 2 is 1.75 bits per heavy atom. The van der Waals surface area contributed by atoms with Crippen LogP contribution in [0.4, 0.5) is 0 Å². The molecule has 1 saturated heterocycles. The summed E-state index contributed by atoms with van der Waals surface area (Å²) in [6, 6.07) is 18.0. The van der Waals surface area contributed by atoms with E-state index < -0.39 is 0 Å². The predicted molar refractivity (Wildman–Crippen MR) is 111 cm³/mol. The van der Waals surface area contributed by atoms with E-state index in [1.54, 1.807) is 12.1 Å². The highest BCUT2D eigenvalue weighted by Gasteiger charge is 2.46. The number of nitrogens with two attached hydrogens (primary N) is 1. The van der Waals surface area contributed by atoms with Gasteiger partial charge in [-0.3, -0.25) is 0 Å². The molecular formula is C24H34NO3+. The van der Waals surface area contributed by atoms with E-state index in [0.717, 1.165) is 39.0 Å². The van der Waals surface area contributed by atoms with Crippen molar-refractivity contribution in [2.45, 2.75) is 45.3 Å². The molecule has 4 N–H and O–H groups in total. The molecule has 2 atom stereocenters. The number of rotatable bonds is 8. The van der Waals surface area contributed by atoms with Gasteiger partial charge >= 0.3 is 0 Å². The summed E-state index contributed by atoms with van der Waals surface area (Å²) in [4.78, 5) is 0. The number of hydrogen-bond acceptors (Lipinski definition) is 3. The topological polar surface area (TPSA) is 66.3 Å². The molecule has 28 heavy (non-hydrogen) atoms. The molecule has 0 bridgehead atoms. The summed E-state index contributed by atoms with van der Waals surface area (Å²) < 4.78 is 6.02. The third-order valence-corrected chi connectivity index (χ3v) is 6.12. The van der Waals surface area contributed by atoms with Crippen molar-refractivity contribution in [1.82, 2.24) is 0 Å². The molecule has 0 amide bonds. The van der Waals surface area contributed by atoms with Crippen LogP contribution in [0.2, 0.25) is 0 Å². The standard InChI is InChI=1S/C24H33NO3/c1-23(2)18-24(12-13-28-23,14-19-6-4-3-5-7-19)21(17-26)16-25-15-20-8-10-22(27)11-9-20/h3-11,21,25-27H,12-18H2,1-2H3/p+1/t21-,24+/m0/s1. The fraction of sp³-hybridized carbons (Fsp3) is 0.500. The number of phenolic OH excluding ortho intramolecular Hbond substituents is 1. The molecule has 1 heterocycles.